The van der Waals surface area contributed by atoms with E-state index in [0.29, 0.717) is 0 Å². The molecule has 1 heterocycles. The average molecular weight is 231 g/mol. The van der Waals surface area contributed by atoms with Gasteiger partial charge in [-0.2, -0.15) is 0 Å². The molecule has 2 rings (SSSR count). The summed E-state index contributed by atoms with van der Waals surface area (Å²) in [6, 6.07) is 6.05. The molecule has 0 saturated heterocycles. The Labute approximate surface area is 103 Å². The van der Waals surface area contributed by atoms with E-state index in [4.69, 9.17) is 5.73 Å². The van der Waals surface area contributed by atoms with Gasteiger partial charge in [-0.15, -0.1) is 0 Å². The van der Waals surface area contributed by atoms with Crippen LogP contribution in [0.15, 0.2) is 18.2 Å². The summed E-state index contributed by atoms with van der Waals surface area (Å²) in [6.07, 6.45) is 4.69. The van der Waals surface area contributed by atoms with Crippen LogP contribution in [0.5, 0.6) is 0 Å². The van der Waals surface area contributed by atoms with Crippen molar-refractivity contribution in [1.82, 2.24) is 9.55 Å². The van der Waals surface area contributed by atoms with Crippen molar-refractivity contribution in [2.75, 3.05) is 5.73 Å². The third-order valence-electron chi connectivity index (χ3n) is 3.19. The van der Waals surface area contributed by atoms with Gasteiger partial charge in [-0.25, -0.2) is 4.98 Å². The molecule has 0 unspecified atom stereocenters. The summed E-state index contributed by atoms with van der Waals surface area (Å²) >= 11 is 0. The van der Waals surface area contributed by atoms with Gasteiger partial charge in [0.2, 0.25) is 0 Å². The second kappa shape index (κ2) is 5.21. The number of hydrogen-bond acceptors (Lipinski definition) is 2. The average Bonchev–Trinajstić information content (AvgIpc) is 2.70. The number of imidazole rings is 1. The molecule has 0 saturated carbocycles. The molecule has 0 spiro atoms. The molecule has 1 aromatic carbocycles. The van der Waals surface area contributed by atoms with E-state index in [0.717, 1.165) is 30.0 Å². The van der Waals surface area contributed by atoms with Gasteiger partial charge in [-0.3, -0.25) is 0 Å². The van der Waals surface area contributed by atoms with Crippen LogP contribution >= 0.6 is 0 Å². The number of aryl methyl sites for hydroxylation is 2. The van der Waals surface area contributed by atoms with Crippen molar-refractivity contribution in [2.24, 2.45) is 0 Å². The van der Waals surface area contributed by atoms with E-state index in [-0.39, 0.29) is 0 Å². The van der Waals surface area contributed by atoms with Gasteiger partial charge in [0, 0.05) is 13.0 Å². The van der Waals surface area contributed by atoms with Crippen LogP contribution in [0.25, 0.3) is 11.0 Å². The summed E-state index contributed by atoms with van der Waals surface area (Å²) < 4.78 is 2.32. The Kier molecular flexibility index (Phi) is 3.67. The molecular weight excluding hydrogens is 210 g/mol. The van der Waals surface area contributed by atoms with Crippen molar-refractivity contribution in [1.29, 1.82) is 0 Å². The van der Waals surface area contributed by atoms with Crippen LogP contribution < -0.4 is 5.73 Å². The Bertz CT molecular complexity index is 499. The highest BCUT2D eigenvalue weighted by molar-refractivity contribution is 5.87. The highest BCUT2D eigenvalue weighted by Gasteiger charge is 2.10. The van der Waals surface area contributed by atoms with Crippen molar-refractivity contribution in [3.05, 3.63) is 24.0 Å². The zero-order valence-corrected chi connectivity index (χ0v) is 10.7. The van der Waals surface area contributed by atoms with Gasteiger partial charge >= 0.3 is 0 Å². The van der Waals surface area contributed by atoms with Crippen LogP contribution in [0.3, 0.4) is 0 Å². The minimum absolute atomic E-state index is 0.784. The van der Waals surface area contributed by atoms with Crippen LogP contribution in [-0.2, 0) is 13.0 Å². The van der Waals surface area contributed by atoms with Crippen molar-refractivity contribution >= 4 is 16.7 Å². The number of anilines is 1. The van der Waals surface area contributed by atoms with Crippen LogP contribution in [0.1, 0.15) is 38.9 Å². The highest BCUT2D eigenvalue weighted by atomic mass is 15.1. The topological polar surface area (TPSA) is 43.8 Å². The fourth-order valence-corrected chi connectivity index (χ4v) is 2.26. The number of nitrogens with zero attached hydrogens (tertiary/aromatic N) is 2. The monoisotopic (exact) mass is 231 g/mol. The molecular formula is C14H21N3. The zero-order valence-electron chi connectivity index (χ0n) is 10.7. The first-order chi connectivity index (χ1) is 8.27. The van der Waals surface area contributed by atoms with Crippen molar-refractivity contribution in [2.45, 2.75) is 46.1 Å². The smallest absolute Gasteiger partial charge is 0.112 e. The maximum Gasteiger partial charge on any atom is 0.112 e. The molecule has 3 heteroatoms. The van der Waals surface area contributed by atoms with Crippen molar-refractivity contribution < 1.29 is 0 Å². The number of fused-ring (bicyclic) bond motifs is 1. The Morgan fingerprint density at radius 2 is 2.06 bits per heavy atom. The van der Waals surface area contributed by atoms with E-state index >= 15 is 0 Å². The lowest BCUT2D eigenvalue weighted by molar-refractivity contribution is 0.594. The van der Waals surface area contributed by atoms with Gasteiger partial charge in [0.25, 0.3) is 0 Å². The van der Waals surface area contributed by atoms with Crippen LogP contribution in [-0.4, -0.2) is 9.55 Å². The Morgan fingerprint density at radius 1 is 1.24 bits per heavy atom. The van der Waals surface area contributed by atoms with Crippen LogP contribution in [0.4, 0.5) is 5.69 Å². The van der Waals surface area contributed by atoms with E-state index in [1.165, 1.54) is 24.8 Å². The molecule has 3 nitrogen and oxygen atoms in total. The van der Waals surface area contributed by atoms with Crippen LogP contribution in [0.2, 0.25) is 0 Å². The molecule has 0 atom stereocenters. The van der Waals surface area contributed by atoms with E-state index in [2.05, 4.69) is 29.5 Å². The number of rotatable bonds is 5. The van der Waals surface area contributed by atoms with Gasteiger partial charge in [-0.05, 0) is 18.6 Å². The summed E-state index contributed by atoms with van der Waals surface area (Å²) in [5.74, 6) is 1.15. The highest BCUT2D eigenvalue weighted by Crippen LogP contribution is 2.22. The van der Waals surface area contributed by atoms with Gasteiger partial charge in [0.15, 0.2) is 0 Å². The van der Waals surface area contributed by atoms with Crippen molar-refractivity contribution in [3.8, 4) is 0 Å². The molecule has 2 aromatic rings. The largest absolute Gasteiger partial charge is 0.397 e. The van der Waals surface area contributed by atoms with E-state index in [1.54, 1.807) is 0 Å². The lowest BCUT2D eigenvalue weighted by Crippen LogP contribution is -2.03. The number of hydrogen-bond donors (Lipinski definition) is 1. The molecule has 0 bridgehead atoms. The Balaban J connectivity index is 2.40. The summed E-state index contributed by atoms with van der Waals surface area (Å²) in [5.41, 5.74) is 8.89. The number of benzene rings is 1. The molecule has 92 valence electrons. The molecule has 17 heavy (non-hydrogen) atoms. The molecule has 2 N–H and O–H groups in total. The molecule has 0 aliphatic rings. The number of aromatic nitrogens is 2. The number of nitrogen functional groups attached to an aromatic ring is 1. The SMILES string of the molecule is CCCCCn1c(CC)nc2c(N)cccc21. The first-order valence-electron chi connectivity index (χ1n) is 6.51. The molecule has 0 amide bonds. The quantitative estimate of drug-likeness (QED) is 0.633. The summed E-state index contributed by atoms with van der Waals surface area (Å²) in [5, 5.41) is 0. The Hall–Kier alpha value is -1.51. The van der Waals surface area contributed by atoms with Crippen LogP contribution in [0, 0.1) is 0 Å². The molecule has 0 aliphatic heterocycles. The second-order valence-electron chi connectivity index (χ2n) is 4.46. The van der Waals surface area contributed by atoms with E-state index in [1.807, 2.05) is 12.1 Å². The molecule has 1 aromatic heterocycles. The molecule has 0 radical (unpaired) electrons. The lowest BCUT2D eigenvalue weighted by Gasteiger charge is -2.07. The number of para-hydroxylation sites is 1. The van der Waals surface area contributed by atoms with Crippen molar-refractivity contribution in [3.63, 3.8) is 0 Å². The minimum atomic E-state index is 0.784. The van der Waals surface area contributed by atoms with E-state index in [9.17, 15) is 0 Å². The van der Waals surface area contributed by atoms with Gasteiger partial charge < -0.3 is 10.3 Å². The first kappa shape index (κ1) is 12.0. The predicted octanol–water partition coefficient (Wildman–Crippen LogP) is 3.37. The number of nitrogens with two attached hydrogens (primary N) is 1. The fourth-order valence-electron chi connectivity index (χ4n) is 2.26. The van der Waals surface area contributed by atoms with Gasteiger partial charge in [-0.1, -0.05) is 32.8 Å². The minimum Gasteiger partial charge on any atom is -0.397 e. The summed E-state index contributed by atoms with van der Waals surface area (Å²) in [6.45, 7) is 5.43. The predicted molar refractivity (Wildman–Crippen MR) is 73.0 cm³/mol. The first-order valence-corrected chi connectivity index (χ1v) is 6.51. The Morgan fingerprint density at radius 3 is 2.76 bits per heavy atom. The zero-order chi connectivity index (χ0) is 12.3. The normalized spacial score (nSPS) is 11.2. The van der Waals surface area contributed by atoms with Gasteiger partial charge in [0.1, 0.15) is 11.3 Å². The van der Waals surface area contributed by atoms with Gasteiger partial charge in [0.05, 0.1) is 11.2 Å². The number of unbranched alkanes of at least 4 members (excludes halogenated alkanes) is 2. The maximum absolute atomic E-state index is 5.97. The third kappa shape index (κ3) is 2.28. The van der Waals surface area contributed by atoms with E-state index < -0.39 is 0 Å². The molecule has 0 fully saturated rings. The summed E-state index contributed by atoms with van der Waals surface area (Å²) in [7, 11) is 0. The standard InChI is InChI=1S/C14H21N3/c1-3-5-6-10-17-12-9-7-8-11(15)14(12)16-13(17)4-2/h7-9H,3-6,10,15H2,1-2H3. The fraction of sp³-hybridized carbons (Fsp3) is 0.500. The summed E-state index contributed by atoms with van der Waals surface area (Å²) in [4.78, 5) is 4.65. The lowest BCUT2D eigenvalue weighted by atomic mass is 10.2. The molecule has 0 aliphatic carbocycles. The second-order valence-corrected chi connectivity index (χ2v) is 4.46. The maximum atomic E-state index is 5.97. The third-order valence-corrected chi connectivity index (χ3v) is 3.19.